The lowest BCUT2D eigenvalue weighted by Crippen LogP contribution is -2.46. The molecular formula is C12H13BrN2O3. The summed E-state index contributed by atoms with van der Waals surface area (Å²) in [5, 5.41) is 0. The summed E-state index contributed by atoms with van der Waals surface area (Å²) >= 11 is 3.28. The van der Waals surface area contributed by atoms with Crippen LogP contribution in [0.2, 0.25) is 0 Å². The molecule has 1 aliphatic heterocycles. The summed E-state index contributed by atoms with van der Waals surface area (Å²) in [6.07, 6.45) is 1.12. The third kappa shape index (κ3) is 3.30. The predicted octanol–water partition coefficient (Wildman–Crippen LogP) is 1.39. The third-order valence-corrected chi connectivity index (χ3v) is 3.16. The first-order chi connectivity index (χ1) is 8.66. The van der Waals surface area contributed by atoms with Gasteiger partial charge in [-0.15, -0.1) is 0 Å². The number of hydrogen-bond donors (Lipinski definition) is 2. The van der Waals surface area contributed by atoms with Crippen molar-refractivity contribution in [2.75, 3.05) is 6.61 Å². The molecule has 18 heavy (non-hydrogen) atoms. The number of amides is 2. The van der Waals surface area contributed by atoms with Crippen LogP contribution >= 0.6 is 15.9 Å². The number of carbonyl (C=O) groups is 2. The fourth-order valence-electron chi connectivity index (χ4n) is 1.66. The topological polar surface area (TPSA) is 67.4 Å². The number of halogens is 1. The van der Waals surface area contributed by atoms with Crippen molar-refractivity contribution in [2.45, 2.75) is 18.9 Å². The lowest BCUT2D eigenvalue weighted by Gasteiger charge is -2.11. The van der Waals surface area contributed by atoms with E-state index in [9.17, 15) is 9.59 Å². The number of ether oxygens (including phenoxy) is 1. The standard InChI is InChI=1S/C12H13BrN2O3/c13-9-5-3-8(4-6-9)11(16)14-15-12(17)10-2-1-7-18-10/h3-6,10H,1-2,7H2,(H,14,16)(H,15,17)/t10-/m0/s1. The van der Waals surface area contributed by atoms with Crippen LogP contribution in [-0.4, -0.2) is 24.5 Å². The van der Waals surface area contributed by atoms with E-state index in [1.165, 1.54) is 0 Å². The van der Waals surface area contributed by atoms with Crippen molar-refractivity contribution in [2.24, 2.45) is 0 Å². The zero-order valence-corrected chi connectivity index (χ0v) is 11.2. The smallest absolute Gasteiger partial charge is 0.269 e. The van der Waals surface area contributed by atoms with E-state index in [2.05, 4.69) is 26.8 Å². The van der Waals surface area contributed by atoms with Crippen LogP contribution < -0.4 is 10.9 Å². The van der Waals surface area contributed by atoms with E-state index in [1.54, 1.807) is 24.3 Å². The first kappa shape index (κ1) is 13.0. The highest BCUT2D eigenvalue weighted by molar-refractivity contribution is 9.10. The molecule has 0 bridgehead atoms. The SMILES string of the molecule is O=C(NNC(=O)[C@@H]1CCCO1)c1ccc(Br)cc1. The summed E-state index contributed by atoms with van der Waals surface area (Å²) in [6, 6.07) is 6.85. The van der Waals surface area contributed by atoms with Crippen molar-refractivity contribution in [3.8, 4) is 0 Å². The summed E-state index contributed by atoms with van der Waals surface area (Å²) in [4.78, 5) is 23.3. The van der Waals surface area contributed by atoms with Gasteiger partial charge in [0.15, 0.2) is 0 Å². The average Bonchev–Trinajstić information content (AvgIpc) is 2.90. The van der Waals surface area contributed by atoms with Crippen LogP contribution in [0, 0.1) is 0 Å². The van der Waals surface area contributed by atoms with E-state index in [0.717, 1.165) is 10.9 Å². The number of rotatable bonds is 2. The van der Waals surface area contributed by atoms with Crippen LogP contribution in [0.3, 0.4) is 0 Å². The number of hydrogen-bond acceptors (Lipinski definition) is 3. The molecule has 2 N–H and O–H groups in total. The van der Waals surface area contributed by atoms with E-state index >= 15 is 0 Å². The van der Waals surface area contributed by atoms with Gasteiger partial charge in [-0.25, -0.2) is 0 Å². The molecule has 2 rings (SSSR count). The normalized spacial score (nSPS) is 18.4. The van der Waals surface area contributed by atoms with E-state index in [1.807, 2.05) is 0 Å². The van der Waals surface area contributed by atoms with Gasteiger partial charge in [0.25, 0.3) is 11.8 Å². The van der Waals surface area contributed by atoms with E-state index in [-0.39, 0.29) is 11.8 Å². The minimum atomic E-state index is -0.449. The Kier molecular flexibility index (Phi) is 4.33. The Balaban J connectivity index is 1.84. The Morgan fingerprint density at radius 3 is 2.56 bits per heavy atom. The second-order valence-electron chi connectivity index (χ2n) is 3.95. The maximum absolute atomic E-state index is 11.7. The van der Waals surface area contributed by atoms with Gasteiger partial charge in [0.2, 0.25) is 0 Å². The summed E-state index contributed by atoms with van der Waals surface area (Å²) in [5.74, 6) is -0.660. The van der Waals surface area contributed by atoms with Crippen molar-refractivity contribution in [3.05, 3.63) is 34.3 Å². The summed E-state index contributed by atoms with van der Waals surface area (Å²) < 4.78 is 6.09. The zero-order valence-electron chi connectivity index (χ0n) is 9.61. The third-order valence-electron chi connectivity index (χ3n) is 2.63. The molecule has 0 aliphatic carbocycles. The van der Waals surface area contributed by atoms with Crippen LogP contribution in [0.4, 0.5) is 0 Å². The molecule has 2 amide bonds. The number of benzene rings is 1. The molecule has 0 radical (unpaired) electrons. The zero-order chi connectivity index (χ0) is 13.0. The molecule has 1 aromatic rings. The van der Waals surface area contributed by atoms with Crippen molar-refractivity contribution in [3.63, 3.8) is 0 Å². The first-order valence-electron chi connectivity index (χ1n) is 5.64. The molecule has 1 saturated heterocycles. The highest BCUT2D eigenvalue weighted by atomic mass is 79.9. The molecule has 5 nitrogen and oxygen atoms in total. The van der Waals surface area contributed by atoms with Gasteiger partial charge in [-0.1, -0.05) is 15.9 Å². The minimum Gasteiger partial charge on any atom is -0.368 e. The summed E-state index contributed by atoms with van der Waals surface area (Å²) in [5.41, 5.74) is 5.20. The number of carbonyl (C=O) groups excluding carboxylic acids is 2. The highest BCUT2D eigenvalue weighted by Gasteiger charge is 2.23. The first-order valence-corrected chi connectivity index (χ1v) is 6.43. The van der Waals surface area contributed by atoms with Gasteiger partial charge in [0.05, 0.1) is 0 Å². The molecule has 1 aliphatic rings. The van der Waals surface area contributed by atoms with Crippen LogP contribution in [-0.2, 0) is 9.53 Å². The summed E-state index contributed by atoms with van der Waals surface area (Å²) in [6.45, 7) is 0.596. The van der Waals surface area contributed by atoms with Crippen molar-refractivity contribution in [1.29, 1.82) is 0 Å². The molecule has 1 atom stereocenters. The molecule has 1 aromatic carbocycles. The van der Waals surface area contributed by atoms with Gasteiger partial charge in [-0.05, 0) is 37.1 Å². The fourth-order valence-corrected chi connectivity index (χ4v) is 1.92. The Morgan fingerprint density at radius 1 is 1.22 bits per heavy atom. The second kappa shape index (κ2) is 5.97. The molecule has 96 valence electrons. The fraction of sp³-hybridized carbons (Fsp3) is 0.333. The number of hydrazine groups is 1. The number of nitrogens with one attached hydrogen (secondary N) is 2. The Bertz CT molecular complexity index is 441. The Morgan fingerprint density at radius 2 is 1.94 bits per heavy atom. The van der Waals surface area contributed by atoms with Gasteiger partial charge in [-0.3, -0.25) is 20.4 Å². The Hall–Kier alpha value is -1.40. The minimum absolute atomic E-state index is 0.307. The van der Waals surface area contributed by atoms with Crippen LogP contribution in [0.1, 0.15) is 23.2 Å². The second-order valence-corrected chi connectivity index (χ2v) is 4.87. The molecular weight excluding hydrogens is 300 g/mol. The monoisotopic (exact) mass is 312 g/mol. The van der Waals surface area contributed by atoms with E-state index < -0.39 is 6.10 Å². The Labute approximate surface area is 113 Å². The quantitative estimate of drug-likeness (QED) is 0.811. The van der Waals surface area contributed by atoms with Crippen LogP contribution in [0.15, 0.2) is 28.7 Å². The molecule has 1 heterocycles. The maximum atomic E-state index is 11.7. The van der Waals surface area contributed by atoms with E-state index in [0.29, 0.717) is 18.6 Å². The van der Waals surface area contributed by atoms with Crippen molar-refractivity contribution in [1.82, 2.24) is 10.9 Å². The highest BCUT2D eigenvalue weighted by Crippen LogP contribution is 2.12. The maximum Gasteiger partial charge on any atom is 0.269 e. The lowest BCUT2D eigenvalue weighted by atomic mass is 10.2. The van der Waals surface area contributed by atoms with Gasteiger partial charge in [0.1, 0.15) is 6.10 Å². The molecule has 1 fully saturated rings. The molecule has 0 unspecified atom stereocenters. The predicted molar refractivity (Wildman–Crippen MR) is 68.7 cm³/mol. The van der Waals surface area contributed by atoms with E-state index in [4.69, 9.17) is 4.74 Å². The van der Waals surface area contributed by atoms with Gasteiger partial charge in [0, 0.05) is 16.6 Å². The van der Waals surface area contributed by atoms with Gasteiger partial charge in [-0.2, -0.15) is 0 Å². The molecule has 0 spiro atoms. The van der Waals surface area contributed by atoms with Gasteiger partial charge >= 0.3 is 0 Å². The van der Waals surface area contributed by atoms with Crippen LogP contribution in [0.5, 0.6) is 0 Å². The van der Waals surface area contributed by atoms with Crippen LogP contribution in [0.25, 0.3) is 0 Å². The van der Waals surface area contributed by atoms with Gasteiger partial charge < -0.3 is 4.74 Å². The summed E-state index contributed by atoms with van der Waals surface area (Å²) in [7, 11) is 0. The van der Waals surface area contributed by atoms with Crippen molar-refractivity contribution < 1.29 is 14.3 Å². The molecule has 0 saturated carbocycles. The molecule has 6 heteroatoms. The van der Waals surface area contributed by atoms with Crippen molar-refractivity contribution >= 4 is 27.7 Å². The largest absolute Gasteiger partial charge is 0.368 e. The molecule has 0 aromatic heterocycles. The lowest BCUT2D eigenvalue weighted by molar-refractivity contribution is -0.130. The average molecular weight is 313 g/mol.